The molecule has 0 unspecified atom stereocenters. The molecule has 23 heavy (non-hydrogen) atoms. The predicted octanol–water partition coefficient (Wildman–Crippen LogP) is 1.90. The molecule has 3 amide bonds. The van der Waals surface area contributed by atoms with Crippen molar-refractivity contribution in [2.24, 2.45) is 0 Å². The number of hydrogen-bond donors (Lipinski definition) is 2. The van der Waals surface area contributed by atoms with E-state index in [2.05, 4.69) is 20.8 Å². The van der Waals surface area contributed by atoms with Crippen molar-refractivity contribution in [1.29, 1.82) is 0 Å². The molecule has 0 aliphatic carbocycles. The Bertz CT molecular complexity index is 672. The van der Waals surface area contributed by atoms with Crippen molar-refractivity contribution in [3.05, 3.63) is 30.3 Å². The summed E-state index contributed by atoms with van der Waals surface area (Å²) < 4.78 is 1.94. The van der Waals surface area contributed by atoms with Crippen LogP contribution in [0.3, 0.4) is 0 Å². The van der Waals surface area contributed by atoms with Gasteiger partial charge in [-0.25, -0.2) is 4.79 Å². The third-order valence-corrected chi connectivity index (χ3v) is 3.95. The third-order valence-electron chi connectivity index (χ3n) is 2.99. The maximum absolute atomic E-state index is 11.7. The Labute approximate surface area is 138 Å². The van der Waals surface area contributed by atoms with Gasteiger partial charge in [-0.05, 0) is 13.8 Å². The molecule has 0 bridgehead atoms. The van der Waals surface area contributed by atoms with Gasteiger partial charge in [-0.1, -0.05) is 42.1 Å². The van der Waals surface area contributed by atoms with Crippen molar-refractivity contribution in [1.82, 2.24) is 25.4 Å². The molecular formula is C15H19N5O2S. The SMILES string of the molecule is CCNC(=O)NC(=O)CSc1nnc(-c2ccccc2)n1CC. The number of thioether (sulfide) groups is 1. The van der Waals surface area contributed by atoms with Crippen molar-refractivity contribution in [3.63, 3.8) is 0 Å². The average molecular weight is 333 g/mol. The van der Waals surface area contributed by atoms with E-state index in [1.54, 1.807) is 6.92 Å². The number of benzene rings is 1. The second kappa shape index (κ2) is 8.33. The summed E-state index contributed by atoms with van der Waals surface area (Å²) in [4.78, 5) is 23.0. The van der Waals surface area contributed by atoms with Crippen LogP contribution in [0.4, 0.5) is 4.79 Å². The first kappa shape index (κ1) is 17.0. The Hall–Kier alpha value is -2.35. The second-order valence-electron chi connectivity index (χ2n) is 4.61. The number of nitrogens with one attached hydrogen (secondary N) is 2. The number of aromatic nitrogens is 3. The van der Waals surface area contributed by atoms with Crippen LogP contribution in [0, 0.1) is 0 Å². The standard InChI is InChI=1S/C15H19N5O2S/c1-3-16-14(22)17-12(21)10-23-15-19-18-13(20(15)4-2)11-8-6-5-7-9-11/h5-9H,3-4,10H2,1-2H3,(H2,16,17,21,22). The van der Waals surface area contributed by atoms with E-state index in [0.29, 0.717) is 18.2 Å². The van der Waals surface area contributed by atoms with E-state index in [0.717, 1.165) is 11.4 Å². The molecule has 7 nitrogen and oxygen atoms in total. The molecule has 122 valence electrons. The van der Waals surface area contributed by atoms with Gasteiger partial charge >= 0.3 is 6.03 Å². The summed E-state index contributed by atoms with van der Waals surface area (Å²) in [6.45, 7) is 4.94. The minimum absolute atomic E-state index is 0.101. The van der Waals surface area contributed by atoms with Crippen LogP contribution in [-0.2, 0) is 11.3 Å². The fraction of sp³-hybridized carbons (Fsp3) is 0.333. The fourth-order valence-corrected chi connectivity index (χ4v) is 2.78. The lowest BCUT2D eigenvalue weighted by molar-refractivity contribution is -0.117. The van der Waals surface area contributed by atoms with Crippen molar-refractivity contribution < 1.29 is 9.59 Å². The first-order valence-electron chi connectivity index (χ1n) is 7.34. The normalized spacial score (nSPS) is 10.3. The summed E-state index contributed by atoms with van der Waals surface area (Å²) in [7, 11) is 0. The van der Waals surface area contributed by atoms with Crippen LogP contribution in [0.2, 0.25) is 0 Å². The van der Waals surface area contributed by atoms with Crippen molar-refractivity contribution >= 4 is 23.7 Å². The second-order valence-corrected chi connectivity index (χ2v) is 5.56. The number of imide groups is 1. The van der Waals surface area contributed by atoms with E-state index < -0.39 is 6.03 Å². The van der Waals surface area contributed by atoms with Gasteiger partial charge in [-0.3, -0.25) is 10.1 Å². The Morgan fingerprint density at radius 1 is 1.17 bits per heavy atom. The van der Waals surface area contributed by atoms with Gasteiger partial charge in [0.2, 0.25) is 5.91 Å². The number of carbonyl (C=O) groups is 2. The zero-order valence-electron chi connectivity index (χ0n) is 13.1. The van der Waals surface area contributed by atoms with Gasteiger partial charge in [0.25, 0.3) is 0 Å². The van der Waals surface area contributed by atoms with Gasteiger partial charge in [-0.2, -0.15) is 0 Å². The number of nitrogens with zero attached hydrogens (tertiary/aromatic N) is 3. The van der Waals surface area contributed by atoms with Crippen LogP contribution in [0.1, 0.15) is 13.8 Å². The number of rotatable bonds is 6. The van der Waals surface area contributed by atoms with Crippen molar-refractivity contribution in [2.45, 2.75) is 25.5 Å². The molecule has 0 saturated carbocycles. The molecule has 0 saturated heterocycles. The highest BCUT2D eigenvalue weighted by atomic mass is 32.2. The van der Waals surface area contributed by atoms with Crippen LogP contribution in [0.5, 0.6) is 0 Å². The summed E-state index contributed by atoms with van der Waals surface area (Å²) in [5, 5.41) is 13.8. The number of hydrogen-bond acceptors (Lipinski definition) is 5. The summed E-state index contributed by atoms with van der Waals surface area (Å²) in [6, 6.07) is 9.27. The van der Waals surface area contributed by atoms with Crippen molar-refractivity contribution in [2.75, 3.05) is 12.3 Å². The van der Waals surface area contributed by atoms with Crippen LogP contribution in [0.25, 0.3) is 11.4 Å². The van der Waals surface area contributed by atoms with Crippen LogP contribution in [0.15, 0.2) is 35.5 Å². The summed E-state index contributed by atoms with van der Waals surface area (Å²) in [5.41, 5.74) is 0.973. The molecule has 8 heteroatoms. The summed E-state index contributed by atoms with van der Waals surface area (Å²) in [5.74, 6) is 0.497. The molecule has 2 N–H and O–H groups in total. The first-order chi connectivity index (χ1) is 11.2. The minimum atomic E-state index is -0.486. The maximum atomic E-state index is 11.7. The van der Waals surface area contributed by atoms with Gasteiger partial charge < -0.3 is 9.88 Å². The molecule has 0 spiro atoms. The Morgan fingerprint density at radius 3 is 2.57 bits per heavy atom. The zero-order chi connectivity index (χ0) is 16.7. The first-order valence-corrected chi connectivity index (χ1v) is 8.33. The van der Waals surface area contributed by atoms with Crippen molar-refractivity contribution in [3.8, 4) is 11.4 Å². The fourth-order valence-electron chi connectivity index (χ4n) is 1.98. The molecule has 1 heterocycles. The molecule has 0 aliphatic heterocycles. The van der Waals surface area contributed by atoms with Gasteiger partial charge in [0.15, 0.2) is 11.0 Å². The Balaban J connectivity index is 2.03. The zero-order valence-corrected chi connectivity index (χ0v) is 13.9. The molecular weight excluding hydrogens is 314 g/mol. The molecule has 0 fully saturated rings. The molecule has 0 aliphatic rings. The monoisotopic (exact) mass is 333 g/mol. The molecule has 0 radical (unpaired) electrons. The van der Waals surface area contributed by atoms with Gasteiger partial charge in [-0.15, -0.1) is 10.2 Å². The van der Waals surface area contributed by atoms with E-state index in [9.17, 15) is 9.59 Å². The van der Waals surface area contributed by atoms with E-state index in [1.807, 2.05) is 41.8 Å². The lowest BCUT2D eigenvalue weighted by atomic mass is 10.2. The van der Waals surface area contributed by atoms with Gasteiger partial charge in [0, 0.05) is 18.7 Å². The summed E-state index contributed by atoms with van der Waals surface area (Å²) >= 11 is 1.25. The largest absolute Gasteiger partial charge is 0.338 e. The van der Waals surface area contributed by atoms with Gasteiger partial charge in [0.1, 0.15) is 0 Å². The van der Waals surface area contributed by atoms with E-state index in [4.69, 9.17) is 0 Å². The average Bonchev–Trinajstić information content (AvgIpc) is 2.96. The minimum Gasteiger partial charge on any atom is -0.338 e. The smallest absolute Gasteiger partial charge is 0.321 e. The lowest BCUT2D eigenvalue weighted by Gasteiger charge is -2.07. The topological polar surface area (TPSA) is 88.9 Å². The highest BCUT2D eigenvalue weighted by Crippen LogP contribution is 2.23. The van der Waals surface area contributed by atoms with Crippen LogP contribution < -0.4 is 10.6 Å². The molecule has 2 aromatic rings. The predicted molar refractivity (Wildman–Crippen MR) is 89.1 cm³/mol. The van der Waals surface area contributed by atoms with E-state index in [-0.39, 0.29) is 11.7 Å². The van der Waals surface area contributed by atoms with E-state index >= 15 is 0 Å². The Morgan fingerprint density at radius 2 is 1.91 bits per heavy atom. The van der Waals surface area contributed by atoms with E-state index in [1.165, 1.54) is 11.8 Å². The molecule has 1 aromatic heterocycles. The molecule has 0 atom stereocenters. The van der Waals surface area contributed by atoms with Crippen LogP contribution >= 0.6 is 11.8 Å². The third kappa shape index (κ3) is 4.56. The van der Waals surface area contributed by atoms with Gasteiger partial charge in [0.05, 0.1) is 5.75 Å². The quantitative estimate of drug-likeness (QED) is 0.788. The highest BCUT2D eigenvalue weighted by molar-refractivity contribution is 7.99. The summed E-state index contributed by atoms with van der Waals surface area (Å²) in [6.07, 6.45) is 0. The number of amides is 3. The lowest BCUT2D eigenvalue weighted by Crippen LogP contribution is -2.40. The Kier molecular flexibility index (Phi) is 6.16. The molecule has 1 aromatic carbocycles. The number of carbonyl (C=O) groups excluding carboxylic acids is 2. The molecule has 2 rings (SSSR count). The highest BCUT2D eigenvalue weighted by Gasteiger charge is 2.15. The maximum Gasteiger partial charge on any atom is 0.321 e. The number of urea groups is 1. The van der Waals surface area contributed by atoms with Crippen LogP contribution in [-0.4, -0.2) is 39.0 Å².